The van der Waals surface area contributed by atoms with Crippen molar-refractivity contribution in [1.29, 1.82) is 0 Å². The topological polar surface area (TPSA) is 3.24 Å². The molecule has 1 saturated carbocycles. The summed E-state index contributed by atoms with van der Waals surface area (Å²) in [6, 6.07) is 2.34. The second-order valence-electron chi connectivity index (χ2n) is 8.04. The Bertz CT molecular complexity index is 560. The van der Waals surface area contributed by atoms with Crippen LogP contribution in [0.1, 0.15) is 64.1 Å². The van der Waals surface area contributed by atoms with E-state index in [4.69, 9.17) is 0 Å². The Hall–Kier alpha value is -1.03. The van der Waals surface area contributed by atoms with E-state index >= 15 is 0 Å². The highest BCUT2D eigenvalue weighted by Crippen LogP contribution is 2.50. The lowest BCUT2D eigenvalue weighted by Gasteiger charge is -2.47. The van der Waals surface area contributed by atoms with Crippen molar-refractivity contribution in [1.82, 2.24) is 4.90 Å². The van der Waals surface area contributed by atoms with E-state index in [-0.39, 0.29) is 23.6 Å². The number of hydrogen-bond donors (Lipinski definition) is 0. The van der Waals surface area contributed by atoms with Gasteiger partial charge in [0, 0.05) is 18.2 Å². The first-order valence-corrected chi connectivity index (χ1v) is 9.03. The predicted octanol–water partition coefficient (Wildman–Crippen LogP) is 5.82. The maximum Gasteiger partial charge on any atom is 0.128 e. The summed E-state index contributed by atoms with van der Waals surface area (Å²) in [6.07, 6.45) is 1.74. The molecule has 2 rings (SSSR count). The molecule has 1 aliphatic rings. The Morgan fingerprint density at radius 2 is 1.83 bits per heavy atom. The molecular formula is C20H30F3N. The molecular weight excluding hydrogens is 311 g/mol. The summed E-state index contributed by atoms with van der Waals surface area (Å²) in [5.74, 6) is -0.327. The highest BCUT2D eigenvalue weighted by molar-refractivity contribution is 5.29. The molecule has 0 spiro atoms. The van der Waals surface area contributed by atoms with Gasteiger partial charge in [-0.3, -0.25) is 4.90 Å². The molecule has 0 aliphatic heterocycles. The van der Waals surface area contributed by atoms with Crippen molar-refractivity contribution in [3.05, 3.63) is 34.9 Å². The van der Waals surface area contributed by atoms with Crippen LogP contribution in [0.15, 0.2) is 12.1 Å². The fourth-order valence-electron chi connectivity index (χ4n) is 3.99. The van der Waals surface area contributed by atoms with Gasteiger partial charge >= 0.3 is 0 Å². The molecule has 0 N–H and O–H groups in total. The van der Waals surface area contributed by atoms with Crippen LogP contribution in [0.3, 0.4) is 0 Å². The average Bonchev–Trinajstić information content (AvgIpc) is 2.42. The van der Waals surface area contributed by atoms with Crippen LogP contribution in [-0.2, 0) is 0 Å². The molecule has 1 nitrogen and oxygen atoms in total. The van der Waals surface area contributed by atoms with Crippen molar-refractivity contribution in [3.63, 3.8) is 0 Å². The van der Waals surface area contributed by atoms with E-state index < -0.39 is 5.67 Å². The van der Waals surface area contributed by atoms with E-state index in [0.29, 0.717) is 29.9 Å². The first kappa shape index (κ1) is 19.3. The summed E-state index contributed by atoms with van der Waals surface area (Å²) >= 11 is 0. The molecule has 24 heavy (non-hydrogen) atoms. The zero-order chi connectivity index (χ0) is 18.1. The van der Waals surface area contributed by atoms with Crippen LogP contribution in [0.5, 0.6) is 0 Å². The van der Waals surface area contributed by atoms with Crippen molar-refractivity contribution < 1.29 is 13.2 Å². The van der Waals surface area contributed by atoms with E-state index in [9.17, 15) is 13.2 Å². The van der Waals surface area contributed by atoms with Crippen molar-refractivity contribution in [3.8, 4) is 0 Å². The normalized spacial score (nSPS) is 25.2. The van der Waals surface area contributed by atoms with E-state index in [2.05, 4.69) is 25.7 Å². The van der Waals surface area contributed by atoms with Crippen molar-refractivity contribution in [2.75, 3.05) is 13.1 Å². The number of aryl methyl sites for hydroxylation is 1. The minimum atomic E-state index is -1.18. The standard InChI is InChI=1S/C20H30F3N/c1-6-7-24(12-13(2)3)19(15-10-20(5,23)11-15)16-9-17(21)14(4)8-18(16)22/h8-9,13,15,19H,6-7,10-12H2,1-5H3. The molecule has 1 aromatic carbocycles. The van der Waals surface area contributed by atoms with Crippen LogP contribution in [0.4, 0.5) is 13.2 Å². The number of alkyl halides is 1. The minimum absolute atomic E-state index is 0.0295. The Morgan fingerprint density at radius 1 is 1.21 bits per heavy atom. The molecule has 0 heterocycles. The highest BCUT2D eigenvalue weighted by Gasteiger charge is 2.47. The third-order valence-electron chi connectivity index (χ3n) is 4.92. The third kappa shape index (κ3) is 4.33. The Labute approximate surface area is 144 Å². The fourth-order valence-corrected chi connectivity index (χ4v) is 3.99. The van der Waals surface area contributed by atoms with Gasteiger partial charge in [-0.2, -0.15) is 0 Å². The SMILES string of the molecule is CCCN(CC(C)C)C(c1cc(F)c(C)cc1F)C1CC(C)(F)C1. The lowest BCUT2D eigenvalue weighted by Crippen LogP contribution is -2.47. The lowest BCUT2D eigenvalue weighted by molar-refractivity contribution is -0.0305. The van der Waals surface area contributed by atoms with Crippen LogP contribution < -0.4 is 0 Å². The van der Waals surface area contributed by atoms with Gasteiger partial charge in [0.05, 0.1) is 0 Å². The molecule has 0 bridgehead atoms. The van der Waals surface area contributed by atoms with Gasteiger partial charge in [-0.05, 0) is 69.2 Å². The minimum Gasteiger partial charge on any atom is -0.296 e. The summed E-state index contributed by atoms with van der Waals surface area (Å²) in [6.45, 7) is 11.1. The van der Waals surface area contributed by atoms with Gasteiger partial charge in [0.25, 0.3) is 0 Å². The predicted molar refractivity (Wildman–Crippen MR) is 92.8 cm³/mol. The lowest BCUT2D eigenvalue weighted by atomic mass is 9.67. The molecule has 1 unspecified atom stereocenters. The monoisotopic (exact) mass is 341 g/mol. The van der Waals surface area contributed by atoms with E-state index in [1.165, 1.54) is 12.1 Å². The van der Waals surface area contributed by atoms with Crippen LogP contribution >= 0.6 is 0 Å². The average molecular weight is 341 g/mol. The van der Waals surface area contributed by atoms with Crippen molar-refractivity contribution in [2.45, 2.75) is 65.6 Å². The second-order valence-corrected chi connectivity index (χ2v) is 8.04. The first-order chi connectivity index (χ1) is 11.1. The second kappa shape index (κ2) is 7.47. The van der Waals surface area contributed by atoms with Gasteiger partial charge in [-0.1, -0.05) is 20.8 Å². The molecule has 0 radical (unpaired) electrons. The van der Waals surface area contributed by atoms with Gasteiger partial charge in [0.1, 0.15) is 17.3 Å². The summed E-state index contributed by atoms with van der Waals surface area (Å²) in [4.78, 5) is 2.22. The maximum absolute atomic E-state index is 14.6. The molecule has 136 valence electrons. The molecule has 4 heteroatoms. The Morgan fingerprint density at radius 3 is 2.33 bits per heavy atom. The van der Waals surface area contributed by atoms with E-state index in [1.807, 2.05) is 0 Å². The molecule has 0 aromatic heterocycles. The van der Waals surface area contributed by atoms with E-state index in [1.54, 1.807) is 13.8 Å². The van der Waals surface area contributed by atoms with Crippen molar-refractivity contribution in [2.24, 2.45) is 11.8 Å². The molecule has 0 saturated heterocycles. The van der Waals surface area contributed by atoms with Crippen LogP contribution in [0.2, 0.25) is 0 Å². The highest BCUT2D eigenvalue weighted by atomic mass is 19.1. The van der Waals surface area contributed by atoms with Crippen LogP contribution in [0, 0.1) is 30.4 Å². The quantitative estimate of drug-likeness (QED) is 0.604. The molecule has 1 fully saturated rings. The van der Waals surface area contributed by atoms with Crippen LogP contribution in [-0.4, -0.2) is 23.7 Å². The van der Waals surface area contributed by atoms with Crippen molar-refractivity contribution >= 4 is 0 Å². The number of benzene rings is 1. The van der Waals surface area contributed by atoms with Gasteiger partial charge in [-0.25, -0.2) is 13.2 Å². The fraction of sp³-hybridized carbons (Fsp3) is 0.700. The third-order valence-corrected chi connectivity index (χ3v) is 4.92. The van der Waals surface area contributed by atoms with Gasteiger partial charge in [-0.15, -0.1) is 0 Å². The molecule has 1 aromatic rings. The summed E-state index contributed by atoms with van der Waals surface area (Å²) in [5, 5.41) is 0. The zero-order valence-electron chi connectivity index (χ0n) is 15.5. The molecule has 0 amide bonds. The van der Waals surface area contributed by atoms with Gasteiger partial charge in [0.2, 0.25) is 0 Å². The Kier molecular flexibility index (Phi) is 6.00. The zero-order valence-corrected chi connectivity index (χ0v) is 15.5. The largest absolute Gasteiger partial charge is 0.296 e. The van der Waals surface area contributed by atoms with Gasteiger partial charge < -0.3 is 0 Å². The first-order valence-electron chi connectivity index (χ1n) is 9.03. The number of nitrogens with zero attached hydrogens (tertiary/aromatic N) is 1. The number of halogens is 3. The van der Waals surface area contributed by atoms with Gasteiger partial charge in [0.15, 0.2) is 0 Å². The van der Waals surface area contributed by atoms with E-state index in [0.717, 1.165) is 19.5 Å². The number of hydrogen-bond acceptors (Lipinski definition) is 1. The number of rotatable bonds is 7. The summed E-state index contributed by atoms with van der Waals surface area (Å²) in [7, 11) is 0. The van der Waals surface area contributed by atoms with Crippen LogP contribution in [0.25, 0.3) is 0 Å². The summed E-state index contributed by atoms with van der Waals surface area (Å²) in [5.41, 5.74) is -0.490. The molecule has 1 atom stereocenters. The maximum atomic E-state index is 14.6. The summed E-state index contributed by atoms with van der Waals surface area (Å²) < 4.78 is 42.9. The molecule has 1 aliphatic carbocycles. The smallest absolute Gasteiger partial charge is 0.128 e. The Balaban J connectivity index is 2.40.